The van der Waals surface area contributed by atoms with Crippen LogP contribution in [-0.4, -0.2) is 34.2 Å². The van der Waals surface area contributed by atoms with Crippen molar-refractivity contribution in [2.24, 2.45) is 0 Å². The van der Waals surface area contributed by atoms with E-state index in [-0.39, 0.29) is 6.03 Å². The number of aryl methyl sites for hydroxylation is 1. The van der Waals surface area contributed by atoms with Gasteiger partial charge in [0, 0.05) is 18.5 Å². The highest BCUT2D eigenvalue weighted by molar-refractivity contribution is 6.00. The van der Waals surface area contributed by atoms with E-state index >= 15 is 0 Å². The van der Waals surface area contributed by atoms with Crippen LogP contribution in [0.3, 0.4) is 0 Å². The van der Waals surface area contributed by atoms with Crippen LogP contribution in [0, 0.1) is 6.92 Å². The summed E-state index contributed by atoms with van der Waals surface area (Å²) >= 11 is 0. The molecule has 5 nitrogen and oxygen atoms in total. The Hall–Kier alpha value is -2.82. The van der Waals surface area contributed by atoms with E-state index in [0.29, 0.717) is 5.82 Å². The molecule has 1 aliphatic rings. The van der Waals surface area contributed by atoms with Gasteiger partial charge in [-0.2, -0.15) is 5.10 Å². The van der Waals surface area contributed by atoms with Gasteiger partial charge in [0.15, 0.2) is 5.82 Å². The Labute approximate surface area is 147 Å². The standard InChI is InChI=1S/C20H22N4O/c1-14-6-5-7-15(12-14)16-8-9-17-18(13-16)22-23-19(17)21-20(25)24-10-3-2-4-11-24/h5-9,12-13H,2-4,10-11H2,1H3,(H2,21,22,23,25). The summed E-state index contributed by atoms with van der Waals surface area (Å²) in [6.45, 7) is 3.74. The fraction of sp³-hybridized carbons (Fsp3) is 0.300. The van der Waals surface area contributed by atoms with Gasteiger partial charge >= 0.3 is 6.03 Å². The van der Waals surface area contributed by atoms with E-state index in [2.05, 4.69) is 58.8 Å². The Balaban J connectivity index is 1.58. The number of amides is 2. The van der Waals surface area contributed by atoms with Gasteiger partial charge in [0.1, 0.15) is 0 Å². The van der Waals surface area contributed by atoms with Gasteiger partial charge in [-0.1, -0.05) is 35.9 Å². The number of rotatable bonds is 2. The second kappa shape index (κ2) is 6.59. The molecule has 5 heteroatoms. The Morgan fingerprint density at radius 1 is 1.08 bits per heavy atom. The summed E-state index contributed by atoms with van der Waals surface area (Å²) < 4.78 is 0. The quantitative estimate of drug-likeness (QED) is 0.722. The van der Waals surface area contributed by atoms with Gasteiger partial charge in [0.25, 0.3) is 0 Å². The number of hydrogen-bond donors (Lipinski definition) is 2. The van der Waals surface area contributed by atoms with E-state index in [1.54, 1.807) is 0 Å². The predicted octanol–water partition coefficient (Wildman–Crippen LogP) is 4.56. The van der Waals surface area contributed by atoms with Crippen LogP contribution < -0.4 is 5.32 Å². The molecule has 25 heavy (non-hydrogen) atoms. The van der Waals surface area contributed by atoms with Gasteiger partial charge < -0.3 is 4.90 Å². The molecule has 0 unspecified atom stereocenters. The average molecular weight is 334 g/mol. The zero-order valence-electron chi connectivity index (χ0n) is 14.4. The van der Waals surface area contributed by atoms with Crippen LogP contribution in [0.4, 0.5) is 10.6 Å². The average Bonchev–Trinajstić information content (AvgIpc) is 3.04. The molecule has 1 aromatic heterocycles. The summed E-state index contributed by atoms with van der Waals surface area (Å²) in [5.74, 6) is 0.598. The molecule has 2 amide bonds. The Bertz CT molecular complexity index is 909. The number of urea groups is 1. The van der Waals surface area contributed by atoms with Crippen molar-refractivity contribution in [1.29, 1.82) is 0 Å². The van der Waals surface area contributed by atoms with Crippen LogP contribution in [0.1, 0.15) is 24.8 Å². The number of aromatic amines is 1. The molecule has 0 spiro atoms. The van der Waals surface area contributed by atoms with Gasteiger partial charge in [-0.05, 0) is 49.4 Å². The third-order valence-electron chi connectivity index (χ3n) is 4.78. The molecule has 0 saturated carbocycles. The maximum Gasteiger partial charge on any atom is 0.323 e. The summed E-state index contributed by atoms with van der Waals surface area (Å²) in [5, 5.41) is 11.2. The van der Waals surface area contributed by atoms with Crippen LogP contribution >= 0.6 is 0 Å². The van der Waals surface area contributed by atoms with Crippen LogP contribution in [-0.2, 0) is 0 Å². The third-order valence-corrected chi connectivity index (χ3v) is 4.78. The molecule has 0 atom stereocenters. The van der Waals surface area contributed by atoms with Crippen molar-refractivity contribution >= 4 is 22.8 Å². The number of nitrogens with one attached hydrogen (secondary N) is 2. The minimum atomic E-state index is -0.0594. The van der Waals surface area contributed by atoms with Crippen molar-refractivity contribution in [1.82, 2.24) is 15.1 Å². The van der Waals surface area contributed by atoms with Crippen molar-refractivity contribution in [3.05, 3.63) is 48.0 Å². The zero-order valence-corrected chi connectivity index (χ0v) is 14.4. The minimum Gasteiger partial charge on any atom is -0.324 e. The van der Waals surface area contributed by atoms with Crippen LogP contribution in [0.25, 0.3) is 22.0 Å². The minimum absolute atomic E-state index is 0.0594. The number of anilines is 1. The van der Waals surface area contributed by atoms with E-state index < -0.39 is 0 Å². The Morgan fingerprint density at radius 3 is 2.68 bits per heavy atom. The van der Waals surface area contributed by atoms with Gasteiger partial charge in [-0.15, -0.1) is 0 Å². The largest absolute Gasteiger partial charge is 0.324 e. The predicted molar refractivity (Wildman–Crippen MR) is 101 cm³/mol. The molecule has 1 aliphatic heterocycles. The zero-order chi connectivity index (χ0) is 17.2. The number of benzene rings is 2. The lowest BCUT2D eigenvalue weighted by atomic mass is 10.0. The number of fused-ring (bicyclic) bond motifs is 1. The van der Waals surface area contributed by atoms with Crippen LogP contribution in [0.5, 0.6) is 0 Å². The lowest BCUT2D eigenvalue weighted by molar-refractivity contribution is 0.200. The number of carbonyl (C=O) groups excluding carboxylic acids is 1. The van der Waals surface area contributed by atoms with E-state index in [4.69, 9.17) is 0 Å². The molecule has 2 N–H and O–H groups in total. The molecular weight excluding hydrogens is 312 g/mol. The summed E-state index contributed by atoms with van der Waals surface area (Å²) in [6, 6.07) is 14.5. The maximum atomic E-state index is 12.4. The Morgan fingerprint density at radius 2 is 1.88 bits per heavy atom. The monoisotopic (exact) mass is 334 g/mol. The number of likely N-dealkylation sites (tertiary alicyclic amines) is 1. The number of nitrogens with zero attached hydrogens (tertiary/aromatic N) is 2. The van der Waals surface area contributed by atoms with Crippen molar-refractivity contribution < 1.29 is 4.79 Å². The number of carbonyl (C=O) groups is 1. The first-order valence-corrected chi connectivity index (χ1v) is 8.82. The molecular formula is C20H22N4O. The van der Waals surface area contributed by atoms with Crippen LogP contribution in [0.2, 0.25) is 0 Å². The number of aromatic nitrogens is 2. The van der Waals surface area contributed by atoms with Crippen LogP contribution in [0.15, 0.2) is 42.5 Å². The molecule has 0 radical (unpaired) electrons. The lowest BCUT2D eigenvalue weighted by Gasteiger charge is -2.26. The first kappa shape index (κ1) is 15.7. The highest BCUT2D eigenvalue weighted by atomic mass is 16.2. The summed E-state index contributed by atoms with van der Waals surface area (Å²) in [7, 11) is 0. The summed E-state index contributed by atoms with van der Waals surface area (Å²) in [5.41, 5.74) is 4.47. The van der Waals surface area contributed by atoms with Crippen molar-refractivity contribution in [2.75, 3.05) is 18.4 Å². The molecule has 128 valence electrons. The molecule has 3 aromatic rings. The highest BCUT2D eigenvalue weighted by Crippen LogP contribution is 2.27. The van der Waals surface area contributed by atoms with Gasteiger partial charge in [-0.25, -0.2) is 4.79 Å². The third kappa shape index (κ3) is 3.22. The Kier molecular flexibility index (Phi) is 4.14. The van der Waals surface area contributed by atoms with E-state index in [9.17, 15) is 4.79 Å². The molecule has 2 aromatic carbocycles. The second-order valence-corrected chi connectivity index (χ2v) is 6.68. The van der Waals surface area contributed by atoms with Crippen molar-refractivity contribution in [2.45, 2.75) is 26.2 Å². The molecule has 1 fully saturated rings. The summed E-state index contributed by atoms with van der Waals surface area (Å²) in [4.78, 5) is 14.3. The SMILES string of the molecule is Cc1cccc(-c2ccc3c(NC(=O)N4CCCCC4)n[nH]c3c2)c1. The molecule has 0 aliphatic carbocycles. The fourth-order valence-electron chi connectivity index (χ4n) is 3.40. The van der Waals surface area contributed by atoms with E-state index in [1.807, 2.05) is 11.0 Å². The van der Waals surface area contributed by atoms with E-state index in [0.717, 1.165) is 42.4 Å². The van der Waals surface area contributed by atoms with Gasteiger partial charge in [0.05, 0.1) is 5.52 Å². The first-order chi connectivity index (χ1) is 12.2. The topological polar surface area (TPSA) is 61.0 Å². The summed E-state index contributed by atoms with van der Waals surface area (Å²) in [6.07, 6.45) is 3.36. The number of hydrogen-bond acceptors (Lipinski definition) is 2. The first-order valence-electron chi connectivity index (χ1n) is 8.82. The maximum absolute atomic E-state index is 12.4. The normalized spacial score (nSPS) is 14.7. The molecule has 1 saturated heterocycles. The molecule has 0 bridgehead atoms. The lowest BCUT2D eigenvalue weighted by Crippen LogP contribution is -2.38. The molecule has 2 heterocycles. The number of piperidine rings is 1. The second-order valence-electron chi connectivity index (χ2n) is 6.68. The van der Waals surface area contributed by atoms with Crippen molar-refractivity contribution in [3.8, 4) is 11.1 Å². The van der Waals surface area contributed by atoms with Gasteiger partial charge in [0.2, 0.25) is 0 Å². The smallest absolute Gasteiger partial charge is 0.323 e. The number of H-pyrrole nitrogens is 1. The molecule has 4 rings (SSSR count). The van der Waals surface area contributed by atoms with E-state index in [1.165, 1.54) is 17.5 Å². The van der Waals surface area contributed by atoms with Crippen molar-refractivity contribution in [3.63, 3.8) is 0 Å². The highest BCUT2D eigenvalue weighted by Gasteiger charge is 2.18. The fourth-order valence-corrected chi connectivity index (χ4v) is 3.40. The van der Waals surface area contributed by atoms with Gasteiger partial charge in [-0.3, -0.25) is 10.4 Å².